The molecule has 0 fully saturated rings. The van der Waals surface area contributed by atoms with E-state index in [1.807, 2.05) is 0 Å². The maximum atomic E-state index is 9.85. The first-order valence-electron chi connectivity index (χ1n) is 3.31. The largest absolute Gasteiger partial charge is 0.396 e. The third-order valence-electron chi connectivity index (χ3n) is 1.04. The first kappa shape index (κ1) is 8.88. The molecule has 0 bridgehead atoms. The number of aliphatic hydroxyl groups excluding tert-OH is 1. The zero-order chi connectivity index (χ0) is 6.95. The average Bonchev–Trinajstić information content (AvgIpc) is 1.89. The van der Waals surface area contributed by atoms with Gasteiger partial charge in [-0.1, -0.05) is 0 Å². The minimum Gasteiger partial charge on any atom is -0.396 e. The fourth-order valence-corrected chi connectivity index (χ4v) is 0.559. The van der Waals surface area contributed by atoms with Gasteiger partial charge in [-0.2, -0.15) is 0 Å². The van der Waals surface area contributed by atoms with Crippen LogP contribution in [0.5, 0.6) is 0 Å². The Bertz CT molecular complexity index is 44.3. The summed E-state index contributed by atoms with van der Waals surface area (Å²) in [5.41, 5.74) is 0. The molecule has 9 heavy (non-hydrogen) atoms. The molecule has 0 spiro atoms. The van der Waals surface area contributed by atoms with Gasteiger partial charge < -0.3 is 10.4 Å². The monoisotopic (exact) mass is 132 g/mol. The molecule has 0 aliphatic heterocycles. The molecular weight excluding hydrogens is 118 g/mol. The van der Waals surface area contributed by atoms with Crippen molar-refractivity contribution in [3.63, 3.8) is 0 Å². The average molecular weight is 132 g/mol. The van der Waals surface area contributed by atoms with Crippen LogP contribution in [0.3, 0.4) is 0 Å². The lowest BCUT2D eigenvalue weighted by atomic mass is 10.3. The molecule has 0 atom stereocenters. The summed E-state index contributed by atoms with van der Waals surface area (Å²) < 4.78 is 0. The van der Waals surface area contributed by atoms with Gasteiger partial charge in [0.05, 0.1) is 6.61 Å². The molecule has 0 saturated heterocycles. The molecule has 0 heterocycles. The molecule has 55 valence electrons. The van der Waals surface area contributed by atoms with E-state index in [0.29, 0.717) is 6.54 Å². The maximum absolute atomic E-state index is 9.85. The van der Waals surface area contributed by atoms with Crippen molar-refractivity contribution in [2.75, 3.05) is 26.3 Å². The van der Waals surface area contributed by atoms with Crippen LogP contribution >= 0.6 is 0 Å². The summed E-state index contributed by atoms with van der Waals surface area (Å²) in [5.74, 6) is 0. The van der Waals surface area contributed by atoms with Crippen molar-refractivity contribution in [3.8, 4) is 0 Å². The van der Waals surface area contributed by atoms with E-state index in [9.17, 15) is 5.11 Å². The highest BCUT2D eigenvalue weighted by molar-refractivity contribution is 4.45. The van der Waals surface area contributed by atoms with Crippen LogP contribution in [0.1, 0.15) is 12.8 Å². The zero-order valence-electron chi connectivity index (χ0n) is 5.60. The molecule has 0 aromatic heterocycles. The quantitative estimate of drug-likeness (QED) is 0.491. The van der Waals surface area contributed by atoms with Crippen LogP contribution < -0.4 is 5.32 Å². The van der Waals surface area contributed by atoms with E-state index in [4.69, 9.17) is 5.11 Å². The van der Waals surface area contributed by atoms with Crippen LogP contribution in [0.25, 0.3) is 0 Å². The van der Waals surface area contributed by atoms with Crippen molar-refractivity contribution < 1.29 is 10.2 Å². The summed E-state index contributed by atoms with van der Waals surface area (Å²) in [5, 5.41) is 21.1. The minimum absolute atomic E-state index is 0.0564. The molecule has 1 radical (unpaired) electrons. The molecule has 0 aromatic carbocycles. The molecule has 0 rings (SSSR count). The summed E-state index contributed by atoms with van der Waals surface area (Å²) in [4.78, 5) is 0. The van der Waals surface area contributed by atoms with Gasteiger partial charge in [-0.15, -0.1) is 0 Å². The van der Waals surface area contributed by atoms with Crippen molar-refractivity contribution in [3.05, 3.63) is 0 Å². The van der Waals surface area contributed by atoms with Gasteiger partial charge in [0.2, 0.25) is 0 Å². The Kier molecular flexibility index (Phi) is 7.77. The van der Waals surface area contributed by atoms with Gasteiger partial charge in [-0.25, -0.2) is 5.11 Å². The van der Waals surface area contributed by atoms with Crippen LogP contribution in [0.15, 0.2) is 0 Å². The van der Waals surface area contributed by atoms with E-state index in [2.05, 4.69) is 5.32 Å². The van der Waals surface area contributed by atoms with E-state index >= 15 is 0 Å². The molecule has 3 nitrogen and oxygen atoms in total. The number of hydrogen-bond acceptors (Lipinski definition) is 2. The fraction of sp³-hybridized carbons (Fsp3) is 1.00. The van der Waals surface area contributed by atoms with E-state index in [0.717, 1.165) is 19.4 Å². The summed E-state index contributed by atoms with van der Waals surface area (Å²) in [6, 6.07) is 0. The van der Waals surface area contributed by atoms with Crippen molar-refractivity contribution in [2.45, 2.75) is 12.8 Å². The molecule has 2 N–H and O–H groups in total. The highest BCUT2D eigenvalue weighted by Gasteiger charge is 1.85. The fourth-order valence-electron chi connectivity index (χ4n) is 0.559. The Hall–Kier alpha value is -0.120. The van der Waals surface area contributed by atoms with Crippen LogP contribution in [0.4, 0.5) is 0 Å². The number of nitrogens with one attached hydrogen (secondary N) is 1. The second-order valence-corrected chi connectivity index (χ2v) is 1.88. The van der Waals surface area contributed by atoms with Gasteiger partial charge in [0.15, 0.2) is 0 Å². The predicted molar refractivity (Wildman–Crippen MR) is 34.7 cm³/mol. The van der Waals surface area contributed by atoms with Crippen LogP contribution in [0, 0.1) is 0 Å². The van der Waals surface area contributed by atoms with Gasteiger partial charge in [-0.3, -0.25) is 0 Å². The number of aliphatic hydroxyl groups is 1. The second kappa shape index (κ2) is 7.88. The van der Waals surface area contributed by atoms with E-state index in [-0.39, 0.29) is 13.2 Å². The van der Waals surface area contributed by atoms with Gasteiger partial charge in [0.1, 0.15) is 0 Å². The van der Waals surface area contributed by atoms with E-state index < -0.39 is 0 Å². The lowest BCUT2D eigenvalue weighted by Gasteiger charge is -1.98. The van der Waals surface area contributed by atoms with E-state index in [1.54, 1.807) is 0 Å². The molecule has 0 aliphatic carbocycles. The Balaban J connectivity index is 2.60. The number of hydrogen-bond donors (Lipinski definition) is 2. The summed E-state index contributed by atoms with van der Waals surface area (Å²) in [6.45, 7) is 1.59. The predicted octanol–water partition coefficient (Wildman–Crippen LogP) is -0.221. The summed E-state index contributed by atoms with van der Waals surface area (Å²) in [7, 11) is 0. The molecule has 0 unspecified atom stereocenters. The van der Waals surface area contributed by atoms with Crippen molar-refractivity contribution in [1.29, 1.82) is 0 Å². The Labute approximate surface area is 55.7 Å². The van der Waals surface area contributed by atoms with Crippen molar-refractivity contribution in [1.82, 2.24) is 5.32 Å². The first-order valence-corrected chi connectivity index (χ1v) is 3.31. The summed E-state index contributed by atoms with van der Waals surface area (Å²) >= 11 is 0. The second-order valence-electron chi connectivity index (χ2n) is 1.88. The standard InChI is InChI=1S/C6H14NO2/c8-5-2-1-3-7-4-6-9/h7-8H,1-6H2. The molecule has 0 aliphatic rings. The number of rotatable bonds is 6. The third kappa shape index (κ3) is 7.88. The Morgan fingerprint density at radius 2 is 2.00 bits per heavy atom. The Morgan fingerprint density at radius 1 is 1.22 bits per heavy atom. The van der Waals surface area contributed by atoms with Crippen molar-refractivity contribution >= 4 is 0 Å². The minimum atomic E-state index is -0.0564. The van der Waals surface area contributed by atoms with Gasteiger partial charge >= 0.3 is 0 Å². The molecule has 0 saturated carbocycles. The maximum Gasteiger partial charge on any atom is 0.0946 e. The van der Waals surface area contributed by atoms with Gasteiger partial charge in [0.25, 0.3) is 0 Å². The van der Waals surface area contributed by atoms with Crippen LogP contribution in [-0.2, 0) is 5.11 Å². The summed E-state index contributed by atoms with van der Waals surface area (Å²) in [6.07, 6.45) is 1.78. The molecule has 3 heteroatoms. The van der Waals surface area contributed by atoms with Gasteiger partial charge in [-0.05, 0) is 19.4 Å². The topological polar surface area (TPSA) is 52.2 Å². The lowest BCUT2D eigenvalue weighted by Crippen LogP contribution is -2.18. The van der Waals surface area contributed by atoms with Crippen LogP contribution in [0.2, 0.25) is 0 Å². The number of unbranched alkanes of at least 4 members (excludes halogenated alkanes) is 1. The SMILES string of the molecule is [O]CCNCCCCO. The third-order valence-corrected chi connectivity index (χ3v) is 1.04. The normalized spacial score (nSPS) is 10.0. The highest BCUT2D eigenvalue weighted by Crippen LogP contribution is 1.82. The molecule has 0 aromatic rings. The van der Waals surface area contributed by atoms with Gasteiger partial charge in [0, 0.05) is 13.2 Å². The molecule has 0 amide bonds. The smallest absolute Gasteiger partial charge is 0.0946 e. The highest BCUT2D eigenvalue weighted by atomic mass is 16.3. The van der Waals surface area contributed by atoms with E-state index in [1.165, 1.54) is 0 Å². The van der Waals surface area contributed by atoms with Crippen LogP contribution in [-0.4, -0.2) is 31.4 Å². The lowest BCUT2D eigenvalue weighted by molar-refractivity contribution is 0.193. The first-order chi connectivity index (χ1) is 4.41. The Morgan fingerprint density at radius 3 is 2.56 bits per heavy atom. The zero-order valence-corrected chi connectivity index (χ0v) is 5.60. The molecular formula is C6H14NO2. The van der Waals surface area contributed by atoms with Crippen molar-refractivity contribution in [2.24, 2.45) is 0 Å².